The van der Waals surface area contributed by atoms with Gasteiger partial charge >= 0.3 is 0 Å². The number of aliphatic hydroxyl groups excluding tert-OH is 1. The Hall–Kier alpha value is -0.510. The summed E-state index contributed by atoms with van der Waals surface area (Å²) in [6.07, 6.45) is 0.848. The maximum atomic E-state index is 8.91. The number of nitrogens with one attached hydrogen (secondary N) is 1. The summed E-state index contributed by atoms with van der Waals surface area (Å²) in [6, 6.07) is 7.15. The zero-order chi connectivity index (χ0) is 13.5. The molecule has 0 aliphatic heterocycles. The van der Waals surface area contributed by atoms with Gasteiger partial charge in [0.15, 0.2) is 0 Å². The average molecular weight is 267 g/mol. The molecule has 2 N–H and O–H groups in total. The zero-order valence-electron chi connectivity index (χ0n) is 11.9. The molecular weight excluding hydrogens is 242 g/mol. The van der Waals surface area contributed by atoms with E-state index in [1.165, 1.54) is 16.0 Å². The molecule has 2 nitrogen and oxygen atoms in total. The van der Waals surface area contributed by atoms with Crippen molar-refractivity contribution in [2.24, 2.45) is 0 Å². The quantitative estimate of drug-likeness (QED) is 0.743. The van der Waals surface area contributed by atoms with Crippen LogP contribution in [0.15, 0.2) is 23.1 Å². The molecule has 1 atom stereocenters. The van der Waals surface area contributed by atoms with Crippen molar-refractivity contribution < 1.29 is 5.11 Å². The van der Waals surface area contributed by atoms with E-state index in [0.717, 1.165) is 13.0 Å². The maximum absolute atomic E-state index is 8.91. The fraction of sp³-hybridized carbons (Fsp3) is 0.600. The number of thioether (sulfide) groups is 1. The Labute approximate surface area is 115 Å². The van der Waals surface area contributed by atoms with E-state index in [9.17, 15) is 0 Å². The first-order chi connectivity index (χ1) is 8.52. The lowest BCUT2D eigenvalue weighted by atomic mass is 10.1. The smallest absolute Gasteiger partial charge is 0.0441 e. The second kappa shape index (κ2) is 7.82. The zero-order valence-corrected chi connectivity index (χ0v) is 12.7. The molecule has 0 spiro atoms. The van der Waals surface area contributed by atoms with E-state index in [1.54, 1.807) is 0 Å². The third kappa shape index (κ3) is 5.42. The first-order valence-corrected chi connectivity index (χ1v) is 7.51. The highest BCUT2D eigenvalue weighted by atomic mass is 32.2. The molecule has 0 aliphatic rings. The lowest BCUT2D eigenvalue weighted by molar-refractivity contribution is 0.289. The van der Waals surface area contributed by atoms with Gasteiger partial charge < -0.3 is 10.4 Å². The summed E-state index contributed by atoms with van der Waals surface area (Å²) in [4.78, 5) is 1.29. The average Bonchev–Trinajstić information content (AvgIpc) is 2.28. The van der Waals surface area contributed by atoms with Crippen LogP contribution in [0, 0.1) is 6.92 Å². The highest BCUT2D eigenvalue weighted by Crippen LogP contribution is 2.26. The topological polar surface area (TPSA) is 32.3 Å². The van der Waals surface area contributed by atoms with Crippen LogP contribution in [0.1, 0.15) is 38.3 Å². The van der Waals surface area contributed by atoms with Gasteiger partial charge in [0, 0.05) is 29.3 Å². The minimum atomic E-state index is 0.267. The van der Waals surface area contributed by atoms with Gasteiger partial charge in [-0.25, -0.2) is 0 Å². The van der Waals surface area contributed by atoms with Crippen molar-refractivity contribution in [3.05, 3.63) is 29.3 Å². The highest BCUT2D eigenvalue weighted by Gasteiger charge is 2.06. The molecule has 1 unspecified atom stereocenters. The lowest BCUT2D eigenvalue weighted by Crippen LogP contribution is -2.22. The molecule has 102 valence electrons. The monoisotopic (exact) mass is 267 g/mol. The second-order valence-corrected chi connectivity index (χ2v) is 6.58. The molecule has 1 rings (SSSR count). The number of rotatable bonds is 7. The van der Waals surface area contributed by atoms with Gasteiger partial charge in [-0.15, -0.1) is 11.8 Å². The van der Waals surface area contributed by atoms with Crippen LogP contribution in [-0.4, -0.2) is 23.0 Å². The minimum Gasteiger partial charge on any atom is -0.396 e. The van der Waals surface area contributed by atoms with Crippen LogP contribution in [0.4, 0.5) is 0 Å². The molecule has 1 aromatic rings. The van der Waals surface area contributed by atoms with E-state index in [4.69, 9.17) is 5.11 Å². The summed E-state index contributed by atoms with van der Waals surface area (Å²) in [6.45, 7) is 9.85. The molecule has 0 saturated heterocycles. The molecule has 1 aromatic carbocycles. The highest BCUT2D eigenvalue weighted by molar-refractivity contribution is 7.99. The van der Waals surface area contributed by atoms with E-state index in [1.807, 2.05) is 11.8 Å². The van der Waals surface area contributed by atoms with Crippen LogP contribution in [0.2, 0.25) is 0 Å². The van der Waals surface area contributed by atoms with Crippen LogP contribution in [0.3, 0.4) is 0 Å². The van der Waals surface area contributed by atoms with E-state index < -0.39 is 0 Å². The third-order valence-corrected chi connectivity index (χ3v) is 4.05. The largest absolute Gasteiger partial charge is 0.396 e. The number of benzene rings is 1. The Kier molecular flexibility index (Phi) is 6.76. The molecule has 0 aliphatic carbocycles. The molecule has 3 heteroatoms. The van der Waals surface area contributed by atoms with Crippen LogP contribution in [-0.2, 0) is 6.54 Å². The second-order valence-electron chi connectivity index (χ2n) is 5.06. The SMILES string of the molecule is Cc1cc(SC(C)CCO)ccc1CNC(C)C. The van der Waals surface area contributed by atoms with E-state index in [-0.39, 0.29) is 6.61 Å². The molecule has 0 bridgehead atoms. The van der Waals surface area contributed by atoms with Crippen LogP contribution < -0.4 is 5.32 Å². The summed E-state index contributed by atoms with van der Waals surface area (Å²) in [5.74, 6) is 0. The predicted octanol–water partition coefficient (Wildman–Crippen LogP) is 3.36. The Morgan fingerprint density at radius 1 is 1.28 bits per heavy atom. The van der Waals surface area contributed by atoms with Crippen molar-refractivity contribution >= 4 is 11.8 Å². The number of aliphatic hydroxyl groups is 1. The van der Waals surface area contributed by atoms with Gasteiger partial charge in [0.25, 0.3) is 0 Å². The summed E-state index contributed by atoms with van der Waals surface area (Å²) in [7, 11) is 0. The summed E-state index contributed by atoms with van der Waals surface area (Å²) >= 11 is 1.83. The molecule has 18 heavy (non-hydrogen) atoms. The van der Waals surface area contributed by atoms with Crippen molar-refractivity contribution in [1.82, 2.24) is 5.32 Å². The Balaban J connectivity index is 2.61. The molecule has 0 radical (unpaired) electrons. The van der Waals surface area contributed by atoms with Crippen molar-refractivity contribution in [1.29, 1.82) is 0 Å². The van der Waals surface area contributed by atoms with E-state index >= 15 is 0 Å². The molecule has 0 saturated carbocycles. The first-order valence-electron chi connectivity index (χ1n) is 6.63. The fourth-order valence-corrected chi connectivity index (χ4v) is 2.81. The predicted molar refractivity (Wildman–Crippen MR) is 80.2 cm³/mol. The van der Waals surface area contributed by atoms with Gasteiger partial charge in [-0.3, -0.25) is 0 Å². The molecule has 0 fully saturated rings. The van der Waals surface area contributed by atoms with E-state index in [2.05, 4.69) is 51.2 Å². The van der Waals surface area contributed by atoms with Crippen molar-refractivity contribution in [2.75, 3.05) is 6.61 Å². The van der Waals surface area contributed by atoms with Crippen molar-refractivity contribution in [3.63, 3.8) is 0 Å². The van der Waals surface area contributed by atoms with Crippen LogP contribution >= 0.6 is 11.8 Å². The third-order valence-electron chi connectivity index (χ3n) is 2.89. The van der Waals surface area contributed by atoms with Crippen molar-refractivity contribution in [3.8, 4) is 0 Å². The number of hydrogen-bond acceptors (Lipinski definition) is 3. The Morgan fingerprint density at radius 3 is 2.56 bits per heavy atom. The van der Waals surface area contributed by atoms with Crippen LogP contribution in [0.5, 0.6) is 0 Å². The van der Waals surface area contributed by atoms with E-state index in [0.29, 0.717) is 11.3 Å². The minimum absolute atomic E-state index is 0.267. The van der Waals surface area contributed by atoms with Crippen molar-refractivity contribution in [2.45, 2.75) is 56.8 Å². The Bertz CT molecular complexity index is 366. The van der Waals surface area contributed by atoms with Gasteiger partial charge in [-0.2, -0.15) is 0 Å². The summed E-state index contributed by atoms with van der Waals surface area (Å²) in [5.41, 5.74) is 2.70. The van der Waals surface area contributed by atoms with Gasteiger partial charge in [0.05, 0.1) is 0 Å². The normalized spacial score (nSPS) is 13.0. The maximum Gasteiger partial charge on any atom is 0.0441 e. The summed E-state index contributed by atoms with van der Waals surface area (Å²) in [5, 5.41) is 12.8. The lowest BCUT2D eigenvalue weighted by Gasteiger charge is -2.13. The standard InChI is InChI=1S/C15H25NOS/c1-11(2)16-10-14-5-6-15(9-12(14)3)18-13(4)7-8-17/h5-6,9,11,13,16-17H,7-8,10H2,1-4H3. The van der Waals surface area contributed by atoms with Gasteiger partial charge in [0.1, 0.15) is 0 Å². The van der Waals surface area contributed by atoms with Gasteiger partial charge in [0.2, 0.25) is 0 Å². The Morgan fingerprint density at radius 2 is 2.00 bits per heavy atom. The number of aryl methyl sites for hydroxylation is 1. The molecular formula is C15H25NOS. The summed E-state index contributed by atoms with van der Waals surface area (Å²) < 4.78 is 0. The van der Waals surface area contributed by atoms with Crippen LogP contribution in [0.25, 0.3) is 0 Å². The number of hydrogen-bond donors (Lipinski definition) is 2. The first kappa shape index (κ1) is 15.5. The molecule has 0 amide bonds. The van der Waals surface area contributed by atoms with Gasteiger partial charge in [-0.05, 0) is 36.6 Å². The van der Waals surface area contributed by atoms with Gasteiger partial charge in [-0.1, -0.05) is 26.8 Å². The molecule has 0 aromatic heterocycles. The molecule has 0 heterocycles. The fourth-order valence-electron chi connectivity index (χ4n) is 1.73.